The Hall–Kier alpha value is -2.44. The summed E-state index contributed by atoms with van der Waals surface area (Å²) >= 11 is 0. The Morgan fingerprint density at radius 1 is 0.607 bits per heavy atom. The maximum Gasteiger partial charge on any atom is 0.0341 e. The number of anilines is 4. The molecule has 0 atom stereocenters. The van der Waals surface area contributed by atoms with Gasteiger partial charge in [0, 0.05) is 62.0 Å². The van der Waals surface area contributed by atoms with E-state index in [2.05, 4.69) is 20.4 Å². The largest absolute Gasteiger partial charge is 0.399 e. The van der Waals surface area contributed by atoms with Gasteiger partial charge >= 0.3 is 0 Å². The Morgan fingerprint density at radius 2 is 0.964 bits per heavy atom. The van der Waals surface area contributed by atoms with E-state index >= 15 is 0 Å². The first-order chi connectivity index (χ1) is 13.7. The molecule has 3 rings (SSSR count). The molecule has 152 valence electrons. The maximum atomic E-state index is 5.71. The van der Waals surface area contributed by atoms with Crippen molar-refractivity contribution in [1.29, 1.82) is 0 Å². The van der Waals surface area contributed by atoms with Gasteiger partial charge in [-0.1, -0.05) is 0 Å². The standard InChI is InChI=1S/C22H34N6/c23-19-3-7-21(8-4-19)25-11-1-13-27-15-17-28(18-16-27)14-2-12-26-22-9-5-20(24)6-10-22/h3-10,25-26H,1-2,11-18,23-24H2. The Labute approximate surface area is 168 Å². The second kappa shape index (κ2) is 10.8. The summed E-state index contributed by atoms with van der Waals surface area (Å²) in [6, 6.07) is 15.9. The van der Waals surface area contributed by atoms with Crippen molar-refractivity contribution in [2.45, 2.75) is 12.8 Å². The van der Waals surface area contributed by atoms with Crippen LogP contribution in [0.4, 0.5) is 22.7 Å². The highest BCUT2D eigenvalue weighted by atomic mass is 15.3. The Bertz CT molecular complexity index is 616. The fourth-order valence-corrected chi connectivity index (χ4v) is 3.51. The Morgan fingerprint density at radius 3 is 1.32 bits per heavy atom. The van der Waals surface area contributed by atoms with E-state index in [0.717, 1.165) is 61.8 Å². The molecule has 0 radical (unpaired) electrons. The first kappa shape index (κ1) is 20.3. The van der Waals surface area contributed by atoms with Gasteiger partial charge < -0.3 is 31.9 Å². The molecule has 0 bridgehead atoms. The summed E-state index contributed by atoms with van der Waals surface area (Å²) in [6.07, 6.45) is 2.33. The predicted octanol–water partition coefficient (Wildman–Crippen LogP) is 2.77. The van der Waals surface area contributed by atoms with E-state index in [0.29, 0.717) is 0 Å². The van der Waals surface area contributed by atoms with Crippen molar-refractivity contribution in [3.05, 3.63) is 48.5 Å². The van der Waals surface area contributed by atoms with Gasteiger partial charge in [0.15, 0.2) is 0 Å². The molecule has 0 saturated carbocycles. The monoisotopic (exact) mass is 382 g/mol. The van der Waals surface area contributed by atoms with Crippen molar-refractivity contribution >= 4 is 22.7 Å². The minimum Gasteiger partial charge on any atom is -0.399 e. The second-order valence-electron chi connectivity index (χ2n) is 7.49. The molecule has 0 amide bonds. The van der Waals surface area contributed by atoms with Gasteiger partial charge in [0.25, 0.3) is 0 Å². The van der Waals surface area contributed by atoms with E-state index in [1.165, 1.54) is 26.2 Å². The van der Waals surface area contributed by atoms with Crippen LogP contribution in [0.1, 0.15) is 12.8 Å². The lowest BCUT2D eigenvalue weighted by Crippen LogP contribution is -2.47. The van der Waals surface area contributed by atoms with Crippen molar-refractivity contribution in [2.24, 2.45) is 0 Å². The summed E-state index contributed by atoms with van der Waals surface area (Å²) in [5, 5.41) is 6.93. The molecule has 1 aliphatic rings. The molecular formula is C22H34N6. The highest BCUT2D eigenvalue weighted by Gasteiger charge is 2.15. The first-order valence-corrected chi connectivity index (χ1v) is 10.3. The lowest BCUT2D eigenvalue weighted by Gasteiger charge is -2.34. The fourth-order valence-electron chi connectivity index (χ4n) is 3.51. The number of benzene rings is 2. The highest BCUT2D eigenvalue weighted by molar-refractivity contribution is 5.51. The van der Waals surface area contributed by atoms with Crippen molar-refractivity contribution in [3.8, 4) is 0 Å². The molecular weight excluding hydrogens is 348 g/mol. The summed E-state index contributed by atoms with van der Waals surface area (Å²) in [5.74, 6) is 0. The zero-order valence-corrected chi connectivity index (χ0v) is 16.7. The molecule has 0 aromatic heterocycles. The smallest absolute Gasteiger partial charge is 0.0341 e. The van der Waals surface area contributed by atoms with Crippen molar-refractivity contribution in [3.63, 3.8) is 0 Å². The van der Waals surface area contributed by atoms with Gasteiger partial charge in [-0.2, -0.15) is 0 Å². The molecule has 0 spiro atoms. The zero-order valence-electron chi connectivity index (χ0n) is 16.7. The molecule has 1 heterocycles. The summed E-state index contributed by atoms with van der Waals surface area (Å²) in [5.41, 5.74) is 15.3. The third kappa shape index (κ3) is 6.94. The lowest BCUT2D eigenvalue weighted by molar-refractivity contribution is 0.132. The number of rotatable bonds is 10. The number of nitrogens with two attached hydrogens (primary N) is 2. The van der Waals surface area contributed by atoms with Gasteiger partial charge in [-0.15, -0.1) is 0 Å². The van der Waals surface area contributed by atoms with Gasteiger partial charge in [0.05, 0.1) is 0 Å². The summed E-state index contributed by atoms with van der Waals surface area (Å²) in [4.78, 5) is 5.15. The molecule has 2 aromatic rings. The van der Waals surface area contributed by atoms with Gasteiger partial charge in [-0.25, -0.2) is 0 Å². The number of piperazine rings is 1. The van der Waals surface area contributed by atoms with Crippen molar-refractivity contribution < 1.29 is 0 Å². The number of nitrogens with zero attached hydrogens (tertiary/aromatic N) is 2. The quantitative estimate of drug-likeness (QED) is 0.374. The van der Waals surface area contributed by atoms with E-state index in [4.69, 9.17) is 11.5 Å². The van der Waals surface area contributed by atoms with Crippen LogP contribution < -0.4 is 22.1 Å². The van der Waals surface area contributed by atoms with Crippen LogP contribution in [-0.4, -0.2) is 62.2 Å². The van der Waals surface area contributed by atoms with Crippen LogP contribution in [0, 0.1) is 0 Å². The fraction of sp³-hybridized carbons (Fsp3) is 0.455. The van der Waals surface area contributed by atoms with Crippen LogP contribution in [0.5, 0.6) is 0 Å². The molecule has 6 heteroatoms. The SMILES string of the molecule is Nc1ccc(NCCCN2CCN(CCCNc3ccc(N)cc3)CC2)cc1. The van der Waals surface area contributed by atoms with Crippen LogP contribution in [-0.2, 0) is 0 Å². The molecule has 1 aliphatic heterocycles. The molecule has 1 saturated heterocycles. The van der Waals surface area contributed by atoms with Gasteiger partial charge in [0.1, 0.15) is 0 Å². The summed E-state index contributed by atoms with van der Waals surface area (Å²) in [7, 11) is 0. The van der Waals surface area contributed by atoms with Gasteiger partial charge in [-0.3, -0.25) is 0 Å². The van der Waals surface area contributed by atoms with Crippen molar-refractivity contribution in [2.75, 3.05) is 74.5 Å². The van der Waals surface area contributed by atoms with Crippen LogP contribution in [0.25, 0.3) is 0 Å². The highest BCUT2D eigenvalue weighted by Crippen LogP contribution is 2.11. The topological polar surface area (TPSA) is 82.6 Å². The van der Waals surface area contributed by atoms with E-state index in [9.17, 15) is 0 Å². The molecule has 28 heavy (non-hydrogen) atoms. The summed E-state index contributed by atoms with van der Waals surface area (Å²) < 4.78 is 0. The molecule has 1 fully saturated rings. The normalized spacial score (nSPS) is 15.4. The molecule has 6 nitrogen and oxygen atoms in total. The Kier molecular flexibility index (Phi) is 7.82. The number of hydrogen-bond acceptors (Lipinski definition) is 6. The second-order valence-corrected chi connectivity index (χ2v) is 7.49. The molecule has 0 aliphatic carbocycles. The minimum atomic E-state index is 0.810. The molecule has 2 aromatic carbocycles. The van der Waals surface area contributed by atoms with Crippen LogP contribution in [0.3, 0.4) is 0 Å². The maximum absolute atomic E-state index is 5.71. The van der Waals surface area contributed by atoms with Crippen LogP contribution in [0.15, 0.2) is 48.5 Å². The average molecular weight is 383 g/mol. The van der Waals surface area contributed by atoms with E-state index < -0.39 is 0 Å². The van der Waals surface area contributed by atoms with Crippen molar-refractivity contribution in [1.82, 2.24) is 9.80 Å². The number of hydrogen-bond donors (Lipinski definition) is 4. The number of nitrogens with one attached hydrogen (secondary N) is 2. The summed E-state index contributed by atoms with van der Waals surface area (Å²) in [6.45, 7) is 9.02. The van der Waals surface area contributed by atoms with E-state index in [-0.39, 0.29) is 0 Å². The zero-order chi connectivity index (χ0) is 19.6. The van der Waals surface area contributed by atoms with E-state index in [1.807, 2.05) is 48.5 Å². The van der Waals surface area contributed by atoms with E-state index in [1.54, 1.807) is 0 Å². The average Bonchev–Trinajstić information content (AvgIpc) is 2.72. The van der Waals surface area contributed by atoms with Crippen LogP contribution in [0.2, 0.25) is 0 Å². The van der Waals surface area contributed by atoms with Crippen LogP contribution >= 0.6 is 0 Å². The predicted molar refractivity (Wildman–Crippen MR) is 121 cm³/mol. The number of nitrogen functional groups attached to an aromatic ring is 2. The lowest BCUT2D eigenvalue weighted by atomic mass is 10.2. The minimum absolute atomic E-state index is 0.810. The van der Waals surface area contributed by atoms with Gasteiger partial charge in [-0.05, 0) is 74.5 Å². The third-order valence-electron chi connectivity index (χ3n) is 5.25. The molecule has 6 N–H and O–H groups in total. The molecule has 0 unspecified atom stereocenters. The Balaban J connectivity index is 1.21. The first-order valence-electron chi connectivity index (χ1n) is 10.3. The van der Waals surface area contributed by atoms with Gasteiger partial charge in [0.2, 0.25) is 0 Å². The third-order valence-corrected chi connectivity index (χ3v) is 5.25.